The van der Waals surface area contributed by atoms with Crippen LogP contribution in [0.15, 0.2) is 46.9 Å². The Morgan fingerprint density at radius 1 is 1.12 bits per heavy atom. The number of rotatable bonds is 3. The van der Waals surface area contributed by atoms with Gasteiger partial charge >= 0.3 is 0 Å². The molecule has 2 aromatic heterocycles. The highest BCUT2D eigenvalue weighted by molar-refractivity contribution is 6.06. The SMILES string of the molecule is Cc1nn(C)c(C)c1C(C)C(=O)Nc1ccc2c(c1)oc1ccccc12. The fourth-order valence-corrected chi connectivity index (χ4v) is 3.60. The van der Waals surface area contributed by atoms with Crippen LogP contribution in [0.25, 0.3) is 21.9 Å². The van der Waals surface area contributed by atoms with Gasteiger partial charge in [0.05, 0.1) is 11.6 Å². The smallest absolute Gasteiger partial charge is 0.231 e. The maximum Gasteiger partial charge on any atom is 0.231 e. The highest BCUT2D eigenvalue weighted by Gasteiger charge is 2.22. The maximum absolute atomic E-state index is 12.8. The Hall–Kier alpha value is -3.08. The van der Waals surface area contributed by atoms with E-state index in [1.54, 1.807) is 0 Å². The number of aromatic nitrogens is 2. The van der Waals surface area contributed by atoms with E-state index in [9.17, 15) is 4.79 Å². The molecule has 26 heavy (non-hydrogen) atoms. The van der Waals surface area contributed by atoms with Gasteiger partial charge in [-0.05, 0) is 39.0 Å². The third kappa shape index (κ3) is 2.56. The zero-order valence-electron chi connectivity index (χ0n) is 15.3. The van der Waals surface area contributed by atoms with Crippen molar-refractivity contribution in [1.82, 2.24) is 9.78 Å². The lowest BCUT2D eigenvalue weighted by Gasteiger charge is -2.13. The molecule has 2 aromatic carbocycles. The number of aryl methyl sites for hydroxylation is 2. The van der Waals surface area contributed by atoms with Gasteiger partial charge in [0, 0.05) is 40.8 Å². The minimum atomic E-state index is -0.282. The second-order valence-corrected chi connectivity index (χ2v) is 6.73. The summed E-state index contributed by atoms with van der Waals surface area (Å²) in [6, 6.07) is 13.7. The standard InChI is InChI=1S/C21H21N3O2/c1-12(20-13(2)23-24(4)14(20)3)21(25)22-15-9-10-17-16-7-5-6-8-18(16)26-19(17)11-15/h5-12H,1-4H3,(H,22,25). The van der Waals surface area contributed by atoms with Gasteiger partial charge in [0.2, 0.25) is 5.91 Å². The van der Waals surface area contributed by atoms with Crippen LogP contribution >= 0.6 is 0 Å². The molecule has 4 aromatic rings. The average molecular weight is 347 g/mol. The summed E-state index contributed by atoms with van der Waals surface area (Å²) < 4.78 is 7.71. The molecule has 0 fully saturated rings. The van der Waals surface area contributed by atoms with Crippen molar-refractivity contribution in [2.75, 3.05) is 5.32 Å². The van der Waals surface area contributed by atoms with Crippen LogP contribution in [0, 0.1) is 13.8 Å². The van der Waals surface area contributed by atoms with E-state index in [0.717, 1.165) is 44.6 Å². The number of anilines is 1. The number of nitrogens with zero attached hydrogens (tertiary/aromatic N) is 2. The molecule has 1 atom stereocenters. The number of fused-ring (bicyclic) bond motifs is 3. The number of benzene rings is 2. The number of hydrogen-bond acceptors (Lipinski definition) is 3. The fourth-order valence-electron chi connectivity index (χ4n) is 3.60. The zero-order valence-corrected chi connectivity index (χ0v) is 15.3. The molecule has 0 radical (unpaired) electrons. The second-order valence-electron chi connectivity index (χ2n) is 6.73. The van der Waals surface area contributed by atoms with Gasteiger partial charge in [-0.3, -0.25) is 9.48 Å². The number of para-hydroxylation sites is 1. The maximum atomic E-state index is 12.8. The fraction of sp³-hybridized carbons (Fsp3) is 0.238. The van der Waals surface area contributed by atoms with Crippen molar-refractivity contribution in [2.24, 2.45) is 7.05 Å². The van der Waals surface area contributed by atoms with Gasteiger partial charge in [-0.25, -0.2) is 0 Å². The highest BCUT2D eigenvalue weighted by Crippen LogP contribution is 2.31. The summed E-state index contributed by atoms with van der Waals surface area (Å²) in [5.41, 5.74) is 5.23. The summed E-state index contributed by atoms with van der Waals surface area (Å²) in [4.78, 5) is 12.8. The third-order valence-corrected chi connectivity index (χ3v) is 5.04. The van der Waals surface area contributed by atoms with E-state index < -0.39 is 0 Å². The van der Waals surface area contributed by atoms with Crippen LogP contribution in [-0.4, -0.2) is 15.7 Å². The first-order valence-corrected chi connectivity index (χ1v) is 8.68. The zero-order chi connectivity index (χ0) is 18.4. The largest absolute Gasteiger partial charge is 0.456 e. The molecule has 0 aliphatic heterocycles. The van der Waals surface area contributed by atoms with Gasteiger partial charge in [-0.15, -0.1) is 0 Å². The molecule has 0 bridgehead atoms. The van der Waals surface area contributed by atoms with E-state index in [1.165, 1.54) is 0 Å². The van der Waals surface area contributed by atoms with E-state index in [0.29, 0.717) is 0 Å². The van der Waals surface area contributed by atoms with Crippen LogP contribution in [0.4, 0.5) is 5.69 Å². The number of nitrogens with one attached hydrogen (secondary N) is 1. The Morgan fingerprint density at radius 3 is 2.58 bits per heavy atom. The van der Waals surface area contributed by atoms with Gasteiger partial charge in [0.1, 0.15) is 11.2 Å². The number of carbonyl (C=O) groups is 1. The monoisotopic (exact) mass is 347 g/mol. The predicted octanol–water partition coefficient (Wildman–Crippen LogP) is 4.68. The lowest BCUT2D eigenvalue weighted by Crippen LogP contribution is -2.19. The van der Waals surface area contributed by atoms with Gasteiger partial charge < -0.3 is 9.73 Å². The predicted molar refractivity (Wildman–Crippen MR) is 103 cm³/mol. The summed E-state index contributed by atoms with van der Waals surface area (Å²) in [6.45, 7) is 5.83. The summed E-state index contributed by atoms with van der Waals surface area (Å²) in [6.07, 6.45) is 0. The Balaban J connectivity index is 1.64. The molecular weight excluding hydrogens is 326 g/mol. The van der Waals surface area contributed by atoms with Crippen LogP contribution in [0.1, 0.15) is 29.8 Å². The molecule has 0 saturated carbocycles. The van der Waals surface area contributed by atoms with Crippen molar-refractivity contribution in [1.29, 1.82) is 0 Å². The molecule has 0 aliphatic carbocycles. The molecule has 0 spiro atoms. The molecule has 132 valence electrons. The van der Waals surface area contributed by atoms with E-state index in [1.807, 2.05) is 75.0 Å². The van der Waals surface area contributed by atoms with Crippen molar-refractivity contribution in [2.45, 2.75) is 26.7 Å². The lowest BCUT2D eigenvalue weighted by molar-refractivity contribution is -0.117. The first-order chi connectivity index (χ1) is 12.5. The Bertz CT molecular complexity index is 1140. The van der Waals surface area contributed by atoms with Crippen LogP contribution in [0.2, 0.25) is 0 Å². The normalized spacial score (nSPS) is 12.6. The molecule has 1 unspecified atom stereocenters. The lowest BCUT2D eigenvalue weighted by atomic mass is 9.98. The van der Waals surface area contributed by atoms with Crippen LogP contribution in [0.5, 0.6) is 0 Å². The molecule has 5 nitrogen and oxygen atoms in total. The molecular formula is C21H21N3O2. The third-order valence-electron chi connectivity index (χ3n) is 5.04. The summed E-state index contributed by atoms with van der Waals surface area (Å²) >= 11 is 0. The molecule has 2 heterocycles. The number of hydrogen-bond donors (Lipinski definition) is 1. The number of amides is 1. The second kappa shape index (κ2) is 6.02. The quantitative estimate of drug-likeness (QED) is 0.585. The van der Waals surface area contributed by atoms with Crippen molar-refractivity contribution >= 4 is 33.5 Å². The number of carbonyl (C=O) groups excluding carboxylic acids is 1. The summed E-state index contributed by atoms with van der Waals surface area (Å²) in [5, 5.41) is 9.54. The van der Waals surface area contributed by atoms with Crippen LogP contribution in [0.3, 0.4) is 0 Å². The Labute approximate surface area is 151 Å². The van der Waals surface area contributed by atoms with E-state index in [-0.39, 0.29) is 11.8 Å². The van der Waals surface area contributed by atoms with Gasteiger partial charge in [0.25, 0.3) is 0 Å². The van der Waals surface area contributed by atoms with Crippen molar-refractivity contribution in [3.8, 4) is 0 Å². The summed E-state index contributed by atoms with van der Waals surface area (Å²) in [5.74, 6) is -0.338. The first-order valence-electron chi connectivity index (χ1n) is 8.68. The van der Waals surface area contributed by atoms with Crippen LogP contribution < -0.4 is 5.32 Å². The van der Waals surface area contributed by atoms with Gasteiger partial charge in [-0.2, -0.15) is 5.10 Å². The topological polar surface area (TPSA) is 60.1 Å². The minimum absolute atomic E-state index is 0.0559. The van der Waals surface area contributed by atoms with E-state index in [2.05, 4.69) is 10.4 Å². The number of furan rings is 1. The summed E-state index contributed by atoms with van der Waals surface area (Å²) in [7, 11) is 1.89. The Morgan fingerprint density at radius 2 is 1.85 bits per heavy atom. The van der Waals surface area contributed by atoms with Crippen molar-refractivity contribution < 1.29 is 9.21 Å². The molecule has 5 heteroatoms. The highest BCUT2D eigenvalue weighted by atomic mass is 16.3. The van der Waals surface area contributed by atoms with E-state index in [4.69, 9.17) is 4.42 Å². The molecule has 1 N–H and O–H groups in total. The van der Waals surface area contributed by atoms with Crippen LogP contribution in [-0.2, 0) is 11.8 Å². The van der Waals surface area contributed by atoms with Gasteiger partial charge in [-0.1, -0.05) is 18.2 Å². The first kappa shape index (κ1) is 16.4. The van der Waals surface area contributed by atoms with Gasteiger partial charge in [0.15, 0.2) is 0 Å². The van der Waals surface area contributed by atoms with Crippen molar-refractivity contribution in [3.63, 3.8) is 0 Å². The molecule has 1 amide bonds. The molecule has 0 saturated heterocycles. The van der Waals surface area contributed by atoms with Crippen molar-refractivity contribution in [3.05, 3.63) is 59.4 Å². The molecule has 0 aliphatic rings. The average Bonchev–Trinajstić information content (AvgIpc) is 3.10. The molecule has 4 rings (SSSR count). The minimum Gasteiger partial charge on any atom is -0.456 e. The Kier molecular flexibility index (Phi) is 3.80. The van der Waals surface area contributed by atoms with E-state index >= 15 is 0 Å².